The van der Waals surface area contributed by atoms with E-state index in [1.54, 1.807) is 42.5 Å². The summed E-state index contributed by atoms with van der Waals surface area (Å²) in [5.41, 5.74) is 9.20. The predicted octanol–water partition coefficient (Wildman–Crippen LogP) is 7.46. The molecule has 0 unspecified atom stereocenters. The van der Waals surface area contributed by atoms with Crippen LogP contribution in [0.1, 0.15) is 53.7 Å². The van der Waals surface area contributed by atoms with Gasteiger partial charge in [0.25, 0.3) is 0 Å². The normalized spacial score (nSPS) is 16.2. The second kappa shape index (κ2) is 11.6. The van der Waals surface area contributed by atoms with Gasteiger partial charge in [-0.05, 0) is 86.7 Å². The first kappa shape index (κ1) is 28.4. The molecule has 0 amide bonds. The maximum atomic E-state index is 14.1. The van der Waals surface area contributed by atoms with Gasteiger partial charge in [0.05, 0.1) is 28.2 Å². The number of aryl methyl sites for hydroxylation is 1. The summed E-state index contributed by atoms with van der Waals surface area (Å²) in [4.78, 5) is 19.3. The average molecular weight is 614 g/mol. The summed E-state index contributed by atoms with van der Waals surface area (Å²) < 4.78 is 27.7. The molecule has 3 heterocycles. The van der Waals surface area contributed by atoms with Crippen LogP contribution in [0.2, 0.25) is 5.02 Å². The van der Waals surface area contributed by atoms with Crippen molar-refractivity contribution in [2.24, 2.45) is 0 Å². The number of hydrogen-bond acceptors (Lipinski definition) is 6. The molecule has 3 aromatic carbocycles. The third-order valence-corrected chi connectivity index (χ3v) is 9.09. The molecule has 7 rings (SSSR count). The van der Waals surface area contributed by atoms with Crippen LogP contribution in [0.15, 0.2) is 66.9 Å². The molecule has 1 saturated heterocycles. The summed E-state index contributed by atoms with van der Waals surface area (Å²) in [6.45, 7) is 3.95. The van der Waals surface area contributed by atoms with E-state index in [9.17, 15) is 9.18 Å². The highest BCUT2D eigenvalue weighted by atomic mass is 35.5. The van der Waals surface area contributed by atoms with Crippen molar-refractivity contribution in [2.45, 2.75) is 51.2 Å². The Balaban J connectivity index is 1.07. The summed E-state index contributed by atoms with van der Waals surface area (Å²) in [5.74, 6) is 0.731. The largest absolute Gasteiger partial charge is 0.489 e. The van der Waals surface area contributed by atoms with Crippen molar-refractivity contribution in [3.05, 3.63) is 94.5 Å². The Morgan fingerprint density at radius 1 is 1.02 bits per heavy atom. The number of H-pyrrole nitrogens is 1. The van der Waals surface area contributed by atoms with E-state index in [1.807, 2.05) is 19.1 Å². The van der Waals surface area contributed by atoms with E-state index in [4.69, 9.17) is 26.8 Å². The Morgan fingerprint density at radius 3 is 2.55 bits per heavy atom. The van der Waals surface area contributed by atoms with Gasteiger partial charge in [-0.3, -0.25) is 4.79 Å². The van der Waals surface area contributed by atoms with Gasteiger partial charge in [-0.2, -0.15) is 5.10 Å². The van der Waals surface area contributed by atoms with Crippen LogP contribution >= 0.6 is 11.6 Å². The van der Waals surface area contributed by atoms with Crippen LogP contribution in [0.5, 0.6) is 17.2 Å². The lowest BCUT2D eigenvalue weighted by atomic mass is 9.90. The first-order valence-corrected chi connectivity index (χ1v) is 15.4. The smallest absolute Gasteiger partial charge is 0.214 e. The van der Waals surface area contributed by atoms with Crippen LogP contribution in [0.25, 0.3) is 16.6 Å². The van der Waals surface area contributed by atoms with Crippen molar-refractivity contribution < 1.29 is 18.7 Å². The molecule has 2 fully saturated rings. The first-order chi connectivity index (χ1) is 21.3. The number of piperidine rings is 1. The van der Waals surface area contributed by atoms with Crippen LogP contribution in [0.3, 0.4) is 0 Å². The molecule has 226 valence electrons. The number of carbonyl (C=O) groups excluding carboxylic acids is 1. The lowest BCUT2D eigenvalue weighted by Crippen LogP contribution is -2.46. The van der Waals surface area contributed by atoms with Gasteiger partial charge in [0.2, 0.25) is 5.78 Å². The highest BCUT2D eigenvalue weighted by molar-refractivity contribution is 6.32. The van der Waals surface area contributed by atoms with Gasteiger partial charge < -0.3 is 25.1 Å². The number of nitrogen functional groups attached to an aromatic ring is 1. The zero-order valence-corrected chi connectivity index (χ0v) is 25.1. The lowest BCUT2D eigenvalue weighted by Gasteiger charge is -2.41. The number of nitrogens with one attached hydrogen (secondary N) is 1. The number of nitrogens with two attached hydrogens (primary N) is 1. The molecule has 3 N–H and O–H groups in total. The number of ether oxygens (including phenoxy) is 2. The summed E-state index contributed by atoms with van der Waals surface area (Å²) in [7, 11) is 0. The third-order valence-electron chi connectivity index (χ3n) is 8.79. The highest BCUT2D eigenvalue weighted by Crippen LogP contribution is 2.35. The lowest BCUT2D eigenvalue weighted by molar-refractivity contribution is 0.0494. The van der Waals surface area contributed by atoms with E-state index in [2.05, 4.69) is 15.0 Å². The molecular formula is C34H33ClFN5O3. The summed E-state index contributed by atoms with van der Waals surface area (Å²) in [6, 6.07) is 17.8. The van der Waals surface area contributed by atoms with E-state index in [1.165, 1.54) is 36.2 Å². The van der Waals surface area contributed by atoms with E-state index >= 15 is 0 Å². The molecule has 5 aromatic rings. The van der Waals surface area contributed by atoms with Crippen LogP contribution in [0, 0.1) is 12.7 Å². The van der Waals surface area contributed by atoms with Gasteiger partial charge in [0.15, 0.2) is 11.6 Å². The molecule has 2 aromatic heterocycles. The van der Waals surface area contributed by atoms with Crippen molar-refractivity contribution in [3.8, 4) is 22.9 Å². The van der Waals surface area contributed by atoms with Crippen LogP contribution < -0.4 is 15.2 Å². The molecule has 0 radical (unpaired) electrons. The van der Waals surface area contributed by atoms with Crippen LogP contribution in [-0.4, -0.2) is 50.7 Å². The minimum Gasteiger partial charge on any atom is -0.489 e. The highest BCUT2D eigenvalue weighted by Gasteiger charge is 2.30. The van der Waals surface area contributed by atoms with E-state index in [0.717, 1.165) is 48.4 Å². The molecule has 8 nitrogen and oxygen atoms in total. The molecule has 2 aliphatic rings. The van der Waals surface area contributed by atoms with E-state index in [-0.39, 0.29) is 29.0 Å². The number of hydrogen-bond donors (Lipinski definition) is 2. The molecule has 10 heteroatoms. The number of likely N-dealkylation sites (tertiary alicyclic amines) is 1. The number of aromatic amines is 1. The van der Waals surface area contributed by atoms with E-state index < -0.39 is 5.82 Å². The van der Waals surface area contributed by atoms with Gasteiger partial charge in [-0.25, -0.2) is 9.07 Å². The minimum atomic E-state index is -0.446. The molecule has 0 bridgehead atoms. The number of rotatable bonds is 8. The Bertz CT molecular complexity index is 1860. The van der Waals surface area contributed by atoms with Crippen molar-refractivity contribution >= 4 is 34.1 Å². The zero-order chi connectivity index (χ0) is 30.4. The maximum absolute atomic E-state index is 14.1. The number of halogens is 2. The maximum Gasteiger partial charge on any atom is 0.214 e. The van der Waals surface area contributed by atoms with Gasteiger partial charge >= 0.3 is 0 Å². The van der Waals surface area contributed by atoms with Crippen molar-refractivity contribution in [1.29, 1.82) is 0 Å². The summed E-state index contributed by atoms with van der Waals surface area (Å²) in [5, 5.41) is 5.72. The number of para-hydroxylation sites is 1. The van der Waals surface area contributed by atoms with Gasteiger partial charge in [0.1, 0.15) is 23.4 Å². The zero-order valence-electron chi connectivity index (χ0n) is 24.4. The fourth-order valence-corrected chi connectivity index (χ4v) is 6.25. The quantitative estimate of drug-likeness (QED) is 0.176. The second-order valence-corrected chi connectivity index (χ2v) is 12.1. The van der Waals surface area contributed by atoms with Crippen LogP contribution in [0.4, 0.5) is 10.2 Å². The summed E-state index contributed by atoms with van der Waals surface area (Å²) in [6.07, 6.45) is 7.51. The minimum absolute atomic E-state index is 0.121. The summed E-state index contributed by atoms with van der Waals surface area (Å²) >= 11 is 6.61. The van der Waals surface area contributed by atoms with Gasteiger partial charge in [-0.1, -0.05) is 30.2 Å². The number of ketones is 1. The van der Waals surface area contributed by atoms with Crippen molar-refractivity contribution in [2.75, 3.05) is 18.8 Å². The molecule has 0 atom stereocenters. The SMILES string of the molecule is Cc1cc(-n2ncc(C(=O)c3cc4cc(OC5CCN(C6CCC6)CC5)c(Cl)cc4[nH]3)c2N)ccc1Oc1ccccc1F. The van der Waals surface area contributed by atoms with Gasteiger partial charge in [0, 0.05) is 30.0 Å². The Morgan fingerprint density at radius 2 is 1.82 bits per heavy atom. The molecule has 44 heavy (non-hydrogen) atoms. The van der Waals surface area contributed by atoms with Crippen molar-refractivity contribution in [1.82, 2.24) is 19.7 Å². The Kier molecular flexibility index (Phi) is 7.52. The number of nitrogens with zero attached hydrogens (tertiary/aromatic N) is 3. The van der Waals surface area contributed by atoms with Crippen molar-refractivity contribution in [3.63, 3.8) is 0 Å². The predicted molar refractivity (Wildman–Crippen MR) is 169 cm³/mol. The molecule has 1 aliphatic carbocycles. The number of carbonyl (C=O) groups is 1. The first-order valence-electron chi connectivity index (χ1n) is 15.0. The Labute approximate surface area is 259 Å². The number of fused-ring (bicyclic) bond motifs is 1. The third kappa shape index (κ3) is 5.42. The molecule has 1 aliphatic heterocycles. The monoisotopic (exact) mass is 613 g/mol. The molecule has 1 saturated carbocycles. The molecule has 0 spiro atoms. The number of aromatic nitrogens is 3. The van der Waals surface area contributed by atoms with Crippen LogP contribution in [-0.2, 0) is 0 Å². The fraction of sp³-hybridized carbons (Fsp3) is 0.294. The fourth-order valence-electron chi connectivity index (χ4n) is 6.05. The van der Waals surface area contributed by atoms with E-state index in [0.29, 0.717) is 27.9 Å². The van der Waals surface area contributed by atoms with Gasteiger partial charge in [-0.15, -0.1) is 0 Å². The topological polar surface area (TPSA) is 98.4 Å². The second-order valence-electron chi connectivity index (χ2n) is 11.7. The average Bonchev–Trinajstić information content (AvgIpc) is 3.58. The number of benzene rings is 3. The standard InChI is InChI=1S/C34H33ClFN5O3/c1-20-15-23(9-10-30(20)44-31-8-3-2-7-27(31)36)41-34(37)25(19-38-41)33(42)29-16-21-17-32(26(35)18-28(21)39-29)43-24-11-13-40(14-12-24)22-5-4-6-22/h2-3,7-10,15-19,22,24,39H,4-6,11-14,37H2,1H3. The molecular weight excluding hydrogens is 581 g/mol. The Hall–Kier alpha value is -4.34. The number of anilines is 1.